The highest BCUT2D eigenvalue weighted by molar-refractivity contribution is 6.13. The van der Waals surface area contributed by atoms with Crippen LogP contribution in [0, 0.1) is 0 Å². The van der Waals surface area contributed by atoms with E-state index in [2.05, 4.69) is 51.2 Å². The van der Waals surface area contributed by atoms with Gasteiger partial charge < -0.3 is 5.32 Å². The van der Waals surface area contributed by atoms with Gasteiger partial charge in [0, 0.05) is 17.5 Å². The van der Waals surface area contributed by atoms with E-state index in [1.54, 1.807) is 6.07 Å². The molecule has 0 aliphatic rings. The van der Waals surface area contributed by atoms with E-state index < -0.39 is 0 Å². The fourth-order valence-electron chi connectivity index (χ4n) is 4.64. The molecule has 0 spiro atoms. The maximum Gasteiger partial charge on any atom is 0.252 e. The van der Waals surface area contributed by atoms with Gasteiger partial charge in [-0.05, 0) is 45.3 Å². The van der Waals surface area contributed by atoms with E-state index in [4.69, 9.17) is 0 Å². The lowest BCUT2D eigenvalue weighted by Gasteiger charge is -2.11. The van der Waals surface area contributed by atoms with Gasteiger partial charge in [0.25, 0.3) is 5.91 Å². The van der Waals surface area contributed by atoms with Gasteiger partial charge in [0.15, 0.2) is 0 Å². The first-order valence-electron chi connectivity index (χ1n) is 12.2. The number of amides is 1. The number of carbonyl (C=O) groups excluding carboxylic acids is 1. The number of hydrazone groups is 1. The number of carbonyl (C=O) groups is 1. The molecule has 0 aliphatic heterocycles. The van der Waals surface area contributed by atoms with Crippen LogP contribution in [-0.4, -0.2) is 17.1 Å². The average Bonchev–Trinajstić information content (AvgIpc) is 2.95. The van der Waals surface area contributed by atoms with Gasteiger partial charge in [-0.15, -0.1) is 0 Å². The van der Waals surface area contributed by atoms with Crippen LogP contribution in [-0.2, 0) is 6.54 Å². The van der Waals surface area contributed by atoms with Gasteiger partial charge in [-0.2, -0.15) is 5.10 Å². The molecule has 5 heteroatoms. The molecule has 6 rings (SSSR count). The van der Waals surface area contributed by atoms with E-state index in [1.165, 1.54) is 0 Å². The first kappa shape index (κ1) is 22.4. The number of benzene rings is 5. The fourth-order valence-corrected chi connectivity index (χ4v) is 4.64. The first-order valence-corrected chi connectivity index (χ1v) is 12.2. The Hall–Kier alpha value is -5.03. The second-order valence-electron chi connectivity index (χ2n) is 8.84. The van der Waals surface area contributed by atoms with Crippen molar-refractivity contribution < 1.29 is 4.79 Å². The Labute approximate surface area is 214 Å². The Morgan fingerprint density at radius 3 is 2.08 bits per heavy atom. The molecule has 0 unspecified atom stereocenters. The van der Waals surface area contributed by atoms with Crippen molar-refractivity contribution in [3.05, 3.63) is 132 Å². The van der Waals surface area contributed by atoms with Crippen molar-refractivity contribution >= 4 is 50.4 Å². The molecular weight excluding hydrogens is 456 g/mol. The molecule has 37 heavy (non-hydrogen) atoms. The van der Waals surface area contributed by atoms with E-state index in [1.807, 2.05) is 85.1 Å². The molecule has 5 nitrogen and oxygen atoms in total. The molecular formula is C32H24N4O. The highest BCUT2D eigenvalue weighted by Crippen LogP contribution is 2.27. The lowest BCUT2D eigenvalue weighted by molar-refractivity contribution is 0.0952. The largest absolute Gasteiger partial charge is 0.348 e. The second kappa shape index (κ2) is 9.91. The third kappa shape index (κ3) is 4.62. The molecule has 178 valence electrons. The highest BCUT2D eigenvalue weighted by Gasteiger charge is 2.13. The topological polar surface area (TPSA) is 66.4 Å². The summed E-state index contributed by atoms with van der Waals surface area (Å²) >= 11 is 0. The van der Waals surface area contributed by atoms with Crippen LogP contribution in [0.25, 0.3) is 32.4 Å². The number of pyridine rings is 1. The Balaban J connectivity index is 1.33. The first-order chi connectivity index (χ1) is 18.3. The molecule has 1 heterocycles. The van der Waals surface area contributed by atoms with Gasteiger partial charge in [0.1, 0.15) is 5.82 Å². The molecule has 1 aromatic heterocycles. The molecule has 5 aromatic carbocycles. The number of hydrogen-bond donors (Lipinski definition) is 2. The minimum atomic E-state index is -0.158. The Kier molecular flexibility index (Phi) is 6.01. The summed E-state index contributed by atoms with van der Waals surface area (Å²) < 4.78 is 0. The minimum Gasteiger partial charge on any atom is -0.348 e. The normalized spacial score (nSPS) is 11.4. The zero-order chi connectivity index (χ0) is 25.0. The number of para-hydroxylation sites is 1. The average molecular weight is 481 g/mol. The Morgan fingerprint density at radius 1 is 0.730 bits per heavy atom. The fraction of sp³-hybridized carbons (Fsp3) is 0.0312. The van der Waals surface area contributed by atoms with Crippen LogP contribution < -0.4 is 10.7 Å². The molecule has 0 atom stereocenters. The van der Waals surface area contributed by atoms with E-state index in [9.17, 15) is 4.79 Å². The van der Waals surface area contributed by atoms with Crippen molar-refractivity contribution in [2.75, 3.05) is 5.43 Å². The van der Waals surface area contributed by atoms with Gasteiger partial charge in [0.2, 0.25) is 0 Å². The minimum absolute atomic E-state index is 0.158. The van der Waals surface area contributed by atoms with Crippen LogP contribution in [0.2, 0.25) is 0 Å². The summed E-state index contributed by atoms with van der Waals surface area (Å²) in [5.41, 5.74) is 6.41. The molecule has 2 N–H and O–H groups in total. The molecule has 6 aromatic rings. The van der Waals surface area contributed by atoms with Gasteiger partial charge >= 0.3 is 0 Å². The van der Waals surface area contributed by atoms with Crippen LogP contribution in [0.1, 0.15) is 21.5 Å². The number of anilines is 1. The number of nitrogens with one attached hydrogen (secondary N) is 2. The predicted molar refractivity (Wildman–Crippen MR) is 152 cm³/mol. The highest BCUT2D eigenvalue weighted by atomic mass is 16.1. The lowest BCUT2D eigenvalue weighted by atomic mass is 9.97. The Bertz CT molecular complexity index is 1720. The number of nitrogens with zero attached hydrogens (tertiary/aromatic N) is 2. The van der Waals surface area contributed by atoms with E-state index in [0.717, 1.165) is 43.6 Å². The molecule has 0 fully saturated rings. The van der Waals surface area contributed by atoms with Gasteiger partial charge in [-0.1, -0.05) is 97.1 Å². The molecule has 0 radical (unpaired) electrons. The standard InChI is InChI=1S/C32H24N4O/c37-32(33-20-22-10-2-1-3-11-22)28-19-31(35-30-17-9-8-16-27(28)30)36-34-21-29-25-14-6-4-12-23(25)18-24-13-5-7-15-26(24)29/h1-19,21H,20H2,(H,33,37)(H,35,36)/b34-21+. The van der Waals surface area contributed by atoms with Crippen molar-refractivity contribution in [3.63, 3.8) is 0 Å². The molecule has 0 saturated heterocycles. The summed E-state index contributed by atoms with van der Waals surface area (Å²) in [6, 6.07) is 38.0. The van der Waals surface area contributed by atoms with Crippen molar-refractivity contribution in [1.82, 2.24) is 10.3 Å². The SMILES string of the molecule is O=C(NCc1ccccc1)c1cc(N/N=C/c2c3ccccc3cc3ccccc23)nc2ccccc12. The van der Waals surface area contributed by atoms with Gasteiger partial charge in [-0.25, -0.2) is 4.98 Å². The van der Waals surface area contributed by atoms with Crippen LogP contribution in [0.4, 0.5) is 5.82 Å². The van der Waals surface area contributed by atoms with E-state index >= 15 is 0 Å². The summed E-state index contributed by atoms with van der Waals surface area (Å²) in [4.78, 5) is 17.9. The van der Waals surface area contributed by atoms with E-state index in [-0.39, 0.29) is 5.91 Å². The summed E-state index contributed by atoms with van der Waals surface area (Å²) in [7, 11) is 0. The maximum absolute atomic E-state index is 13.2. The molecule has 0 bridgehead atoms. The second-order valence-corrected chi connectivity index (χ2v) is 8.84. The zero-order valence-electron chi connectivity index (χ0n) is 20.1. The number of rotatable bonds is 6. The Morgan fingerprint density at radius 2 is 1.35 bits per heavy atom. The van der Waals surface area contributed by atoms with Crippen molar-refractivity contribution in [3.8, 4) is 0 Å². The number of aromatic nitrogens is 1. The number of fused-ring (bicyclic) bond motifs is 3. The smallest absolute Gasteiger partial charge is 0.252 e. The predicted octanol–water partition coefficient (Wildman–Crippen LogP) is 6.92. The van der Waals surface area contributed by atoms with Crippen LogP contribution in [0.3, 0.4) is 0 Å². The summed E-state index contributed by atoms with van der Waals surface area (Å²) in [5, 5.41) is 12.9. The van der Waals surface area contributed by atoms with Crippen molar-refractivity contribution in [2.24, 2.45) is 5.10 Å². The lowest BCUT2D eigenvalue weighted by Crippen LogP contribution is -2.23. The maximum atomic E-state index is 13.2. The zero-order valence-corrected chi connectivity index (χ0v) is 20.1. The van der Waals surface area contributed by atoms with Crippen LogP contribution >= 0.6 is 0 Å². The molecule has 0 saturated carbocycles. The van der Waals surface area contributed by atoms with Crippen molar-refractivity contribution in [1.29, 1.82) is 0 Å². The number of hydrogen-bond acceptors (Lipinski definition) is 4. The van der Waals surface area contributed by atoms with Crippen LogP contribution in [0.15, 0.2) is 120 Å². The monoisotopic (exact) mass is 480 g/mol. The van der Waals surface area contributed by atoms with Gasteiger partial charge in [0.05, 0.1) is 17.3 Å². The summed E-state index contributed by atoms with van der Waals surface area (Å²) in [6.45, 7) is 0.450. The summed E-state index contributed by atoms with van der Waals surface area (Å²) in [5.74, 6) is 0.346. The molecule has 1 amide bonds. The van der Waals surface area contributed by atoms with Gasteiger partial charge in [-0.3, -0.25) is 10.2 Å². The van der Waals surface area contributed by atoms with E-state index in [0.29, 0.717) is 17.9 Å². The third-order valence-corrected chi connectivity index (χ3v) is 6.44. The van der Waals surface area contributed by atoms with Crippen molar-refractivity contribution in [2.45, 2.75) is 6.54 Å². The summed E-state index contributed by atoms with van der Waals surface area (Å²) in [6.07, 6.45) is 1.83. The molecule has 0 aliphatic carbocycles. The third-order valence-electron chi connectivity index (χ3n) is 6.44. The quantitative estimate of drug-likeness (QED) is 0.155. The van der Waals surface area contributed by atoms with Crippen LogP contribution in [0.5, 0.6) is 0 Å².